The minimum atomic E-state index is -0.454. The number of hydrogen-bond acceptors (Lipinski definition) is 4. The molecule has 1 unspecified atom stereocenters. The summed E-state index contributed by atoms with van der Waals surface area (Å²) in [6.45, 7) is 3.98. The van der Waals surface area contributed by atoms with Crippen molar-refractivity contribution in [2.75, 3.05) is 0 Å². The van der Waals surface area contributed by atoms with Crippen molar-refractivity contribution >= 4 is 23.0 Å². The molecule has 146 valence electrons. The number of nitrogens with one attached hydrogen (secondary N) is 2. The van der Waals surface area contributed by atoms with Crippen molar-refractivity contribution < 1.29 is 4.79 Å². The van der Waals surface area contributed by atoms with Crippen LogP contribution < -0.4 is 16.6 Å². The molecule has 28 heavy (non-hydrogen) atoms. The van der Waals surface area contributed by atoms with Gasteiger partial charge in [-0.25, -0.2) is 9.78 Å². The third-order valence-corrected chi connectivity index (χ3v) is 4.55. The van der Waals surface area contributed by atoms with Gasteiger partial charge in [0, 0.05) is 26.4 Å². The normalized spacial score (nSPS) is 12.8. The smallest absolute Gasteiger partial charge is 0.330 e. The van der Waals surface area contributed by atoms with Crippen LogP contribution in [0.2, 0.25) is 0 Å². The summed E-state index contributed by atoms with van der Waals surface area (Å²) in [5.74, 6) is 0.425. The molecule has 0 radical (unpaired) electrons. The number of fused-ring (bicyclic) bond motifs is 1. The maximum absolute atomic E-state index is 12.5. The average Bonchev–Trinajstić information content (AvgIpc) is 3.09. The van der Waals surface area contributed by atoms with Crippen LogP contribution >= 0.6 is 0 Å². The lowest BCUT2D eigenvalue weighted by atomic mass is 10.0. The zero-order chi connectivity index (χ0) is 20.4. The van der Waals surface area contributed by atoms with E-state index in [0.717, 1.165) is 15.6 Å². The fraction of sp³-hybridized carbons (Fsp3) is 0.300. The first kappa shape index (κ1) is 19.3. The van der Waals surface area contributed by atoms with Gasteiger partial charge in [0.1, 0.15) is 5.82 Å². The zero-order valence-corrected chi connectivity index (χ0v) is 16.3. The summed E-state index contributed by atoms with van der Waals surface area (Å²) in [7, 11) is 2.95. The van der Waals surface area contributed by atoms with Crippen LogP contribution in [-0.2, 0) is 18.9 Å². The number of hydrogen-bond donors (Lipinski definition) is 2. The maximum Gasteiger partial charge on any atom is 0.330 e. The molecule has 0 aliphatic rings. The van der Waals surface area contributed by atoms with Gasteiger partial charge in [0.2, 0.25) is 5.91 Å². The molecule has 1 atom stereocenters. The summed E-state index contributed by atoms with van der Waals surface area (Å²) in [6, 6.07) is 7.35. The van der Waals surface area contributed by atoms with E-state index in [1.54, 1.807) is 7.05 Å². The molecule has 1 amide bonds. The molecule has 8 heteroatoms. The molecule has 3 aromatic rings. The van der Waals surface area contributed by atoms with Crippen LogP contribution in [0.5, 0.6) is 0 Å². The van der Waals surface area contributed by atoms with Crippen molar-refractivity contribution in [3.63, 3.8) is 0 Å². The Morgan fingerprint density at radius 3 is 2.61 bits per heavy atom. The van der Waals surface area contributed by atoms with Gasteiger partial charge in [0.25, 0.3) is 5.56 Å². The molecule has 2 heterocycles. The summed E-state index contributed by atoms with van der Waals surface area (Å²) >= 11 is 0. The Bertz CT molecular complexity index is 1130. The number of amides is 1. The third kappa shape index (κ3) is 3.80. The summed E-state index contributed by atoms with van der Waals surface area (Å²) in [4.78, 5) is 44.2. The van der Waals surface area contributed by atoms with Crippen molar-refractivity contribution in [1.82, 2.24) is 24.4 Å². The number of carbonyl (C=O) groups is 1. The second-order valence-electron chi connectivity index (χ2n) is 7.04. The molecular weight excluding hydrogens is 358 g/mol. The van der Waals surface area contributed by atoms with Crippen molar-refractivity contribution in [2.24, 2.45) is 20.0 Å². The first-order valence-corrected chi connectivity index (χ1v) is 8.98. The number of aryl methyl sites for hydroxylation is 1. The number of carbonyl (C=O) groups excluding carboxylic acids is 1. The van der Waals surface area contributed by atoms with Crippen molar-refractivity contribution in [2.45, 2.75) is 19.9 Å². The van der Waals surface area contributed by atoms with Crippen molar-refractivity contribution in [3.05, 3.63) is 68.8 Å². The largest absolute Gasteiger partial charge is 0.342 e. The monoisotopic (exact) mass is 381 g/mol. The van der Waals surface area contributed by atoms with Crippen LogP contribution in [0, 0.1) is 5.92 Å². The Kier molecular flexibility index (Phi) is 5.30. The number of H-pyrrole nitrogens is 1. The molecule has 0 aliphatic carbocycles. The molecule has 0 spiro atoms. The Hall–Kier alpha value is -3.42. The number of imidazole rings is 1. The molecule has 0 fully saturated rings. The highest BCUT2D eigenvalue weighted by Crippen LogP contribution is 2.22. The van der Waals surface area contributed by atoms with Crippen molar-refractivity contribution in [3.8, 4) is 0 Å². The Morgan fingerprint density at radius 1 is 1.21 bits per heavy atom. The van der Waals surface area contributed by atoms with E-state index >= 15 is 0 Å². The lowest BCUT2D eigenvalue weighted by molar-refractivity contribution is -0.117. The van der Waals surface area contributed by atoms with Gasteiger partial charge in [0.15, 0.2) is 0 Å². The molecule has 1 aromatic carbocycles. The Morgan fingerprint density at radius 2 is 1.93 bits per heavy atom. The fourth-order valence-corrected chi connectivity index (χ4v) is 2.99. The zero-order valence-electron chi connectivity index (χ0n) is 16.3. The van der Waals surface area contributed by atoms with Gasteiger partial charge in [0.05, 0.1) is 22.6 Å². The Balaban J connectivity index is 1.83. The summed E-state index contributed by atoms with van der Waals surface area (Å²) in [6.07, 6.45) is 4.11. The Labute approximate surface area is 161 Å². The summed E-state index contributed by atoms with van der Waals surface area (Å²) in [5.41, 5.74) is 1.12. The summed E-state index contributed by atoms with van der Waals surface area (Å²) < 4.78 is 2.30. The lowest BCUT2D eigenvalue weighted by Gasteiger charge is -2.19. The van der Waals surface area contributed by atoms with E-state index in [1.165, 1.54) is 30.0 Å². The highest BCUT2D eigenvalue weighted by molar-refractivity contribution is 5.92. The third-order valence-electron chi connectivity index (χ3n) is 4.55. The number of aromatic nitrogens is 4. The van der Waals surface area contributed by atoms with E-state index in [0.29, 0.717) is 5.82 Å². The van der Waals surface area contributed by atoms with Crippen LogP contribution in [0.15, 0.2) is 46.1 Å². The van der Waals surface area contributed by atoms with Crippen LogP contribution in [-0.4, -0.2) is 25.0 Å². The molecule has 3 rings (SSSR count). The van der Waals surface area contributed by atoms with E-state index in [9.17, 15) is 14.4 Å². The molecule has 2 N–H and O–H groups in total. The minimum absolute atomic E-state index is 0.100. The lowest BCUT2D eigenvalue weighted by Crippen LogP contribution is -2.37. The van der Waals surface area contributed by atoms with Gasteiger partial charge < -0.3 is 14.9 Å². The minimum Gasteiger partial charge on any atom is -0.342 e. The molecule has 0 aliphatic heterocycles. The first-order chi connectivity index (χ1) is 13.3. The molecule has 8 nitrogen and oxygen atoms in total. The first-order valence-electron chi connectivity index (χ1n) is 8.98. The molecule has 2 aromatic heterocycles. The van der Waals surface area contributed by atoms with Crippen LogP contribution in [0.1, 0.15) is 31.3 Å². The van der Waals surface area contributed by atoms with E-state index in [2.05, 4.69) is 15.3 Å². The highest BCUT2D eigenvalue weighted by Gasteiger charge is 2.21. The van der Waals surface area contributed by atoms with Crippen LogP contribution in [0.25, 0.3) is 17.1 Å². The predicted octanol–water partition coefficient (Wildman–Crippen LogP) is 1.49. The number of nitrogens with zero attached hydrogens (tertiary/aromatic N) is 3. The van der Waals surface area contributed by atoms with Gasteiger partial charge in [-0.1, -0.05) is 26.0 Å². The number of aromatic amines is 1. The molecule has 0 saturated carbocycles. The second kappa shape index (κ2) is 7.67. The quantitative estimate of drug-likeness (QED) is 0.654. The van der Waals surface area contributed by atoms with Gasteiger partial charge in [-0.2, -0.15) is 0 Å². The predicted molar refractivity (Wildman–Crippen MR) is 108 cm³/mol. The van der Waals surface area contributed by atoms with Crippen molar-refractivity contribution in [1.29, 1.82) is 0 Å². The standard InChI is InChI=1S/C20H23N5O3/c1-12(2)17(18-21-14-7-5-6-8-15(14)22-18)23-16(26)10-9-13-11-24(3)20(28)25(4)19(13)27/h5-12,17H,1-4H3,(H,21,22)(H,23,26)/b10-9+. The van der Waals surface area contributed by atoms with Crippen LogP contribution in [0.3, 0.4) is 0 Å². The van der Waals surface area contributed by atoms with E-state index in [-0.39, 0.29) is 23.4 Å². The second-order valence-corrected chi connectivity index (χ2v) is 7.04. The van der Waals surface area contributed by atoms with Gasteiger partial charge in [-0.15, -0.1) is 0 Å². The summed E-state index contributed by atoms with van der Waals surface area (Å²) in [5, 5.41) is 2.93. The van der Waals surface area contributed by atoms with E-state index in [1.807, 2.05) is 38.1 Å². The fourth-order valence-electron chi connectivity index (χ4n) is 2.99. The molecule has 0 bridgehead atoms. The topological polar surface area (TPSA) is 102 Å². The number of benzene rings is 1. The molecular formula is C20H23N5O3. The number of rotatable bonds is 5. The maximum atomic E-state index is 12.5. The number of para-hydroxylation sites is 2. The van der Waals surface area contributed by atoms with Crippen LogP contribution in [0.4, 0.5) is 0 Å². The van der Waals surface area contributed by atoms with Gasteiger partial charge >= 0.3 is 5.69 Å². The highest BCUT2D eigenvalue weighted by atomic mass is 16.2. The SMILES string of the molecule is CC(C)C(NC(=O)/C=C/c1cn(C)c(=O)n(C)c1=O)c1nc2ccccc2[nH]1. The van der Waals surface area contributed by atoms with E-state index in [4.69, 9.17) is 0 Å². The average molecular weight is 381 g/mol. The molecule has 0 saturated heterocycles. The van der Waals surface area contributed by atoms with E-state index < -0.39 is 11.2 Å². The van der Waals surface area contributed by atoms with Gasteiger partial charge in [-0.05, 0) is 24.1 Å². The van der Waals surface area contributed by atoms with Gasteiger partial charge in [-0.3, -0.25) is 14.2 Å².